The maximum absolute atomic E-state index is 13.2. The number of nitrogens with zero attached hydrogens (tertiary/aromatic N) is 1. The number of fused-ring (bicyclic) bond motifs is 3. The number of benzene rings is 2. The first-order valence-electron chi connectivity index (χ1n) is 9.10. The SMILES string of the molecule is CC.COc1cc2c(c3c1cc(C)n3Cc1ccc(F)cc1)CCC2. The standard InChI is InChI=1S/C20H20FNO.C2H6/c1-13-10-18-19(23-2)11-15-4-3-5-17(15)20(18)22(13)12-14-6-8-16(21)9-7-14;1-2/h6-11H,3-5,12H2,1-2H3;1-2H3. The van der Waals surface area contributed by atoms with Gasteiger partial charge in [-0.1, -0.05) is 26.0 Å². The monoisotopic (exact) mass is 339 g/mol. The topological polar surface area (TPSA) is 14.2 Å². The van der Waals surface area contributed by atoms with Crippen molar-refractivity contribution in [2.24, 2.45) is 0 Å². The van der Waals surface area contributed by atoms with Crippen molar-refractivity contribution < 1.29 is 9.13 Å². The maximum Gasteiger partial charge on any atom is 0.128 e. The van der Waals surface area contributed by atoms with Crippen molar-refractivity contribution in [3.8, 4) is 5.75 Å². The Morgan fingerprint density at radius 3 is 2.48 bits per heavy atom. The van der Waals surface area contributed by atoms with Gasteiger partial charge in [-0.2, -0.15) is 0 Å². The highest BCUT2D eigenvalue weighted by molar-refractivity contribution is 5.91. The molecule has 0 N–H and O–H groups in total. The van der Waals surface area contributed by atoms with Crippen molar-refractivity contribution in [2.75, 3.05) is 7.11 Å². The van der Waals surface area contributed by atoms with Gasteiger partial charge in [0.05, 0.1) is 12.6 Å². The Hall–Kier alpha value is -2.29. The Morgan fingerprint density at radius 1 is 1.08 bits per heavy atom. The molecule has 132 valence electrons. The van der Waals surface area contributed by atoms with Crippen molar-refractivity contribution in [3.63, 3.8) is 0 Å². The molecule has 1 heterocycles. The summed E-state index contributed by atoms with van der Waals surface area (Å²) in [7, 11) is 1.74. The number of methoxy groups -OCH3 is 1. The molecule has 1 aromatic heterocycles. The number of aromatic nitrogens is 1. The van der Waals surface area contributed by atoms with Gasteiger partial charge in [0.1, 0.15) is 11.6 Å². The second-order valence-electron chi connectivity index (χ2n) is 6.33. The lowest BCUT2D eigenvalue weighted by atomic mass is 10.1. The molecule has 0 bridgehead atoms. The van der Waals surface area contributed by atoms with Crippen molar-refractivity contribution >= 4 is 10.9 Å². The molecule has 25 heavy (non-hydrogen) atoms. The summed E-state index contributed by atoms with van der Waals surface area (Å²) < 4.78 is 21.1. The van der Waals surface area contributed by atoms with Gasteiger partial charge in [-0.3, -0.25) is 0 Å². The second-order valence-corrected chi connectivity index (χ2v) is 6.33. The van der Waals surface area contributed by atoms with Crippen LogP contribution >= 0.6 is 0 Å². The van der Waals surface area contributed by atoms with Crippen molar-refractivity contribution in [1.82, 2.24) is 4.57 Å². The quantitative estimate of drug-likeness (QED) is 0.600. The van der Waals surface area contributed by atoms with Gasteiger partial charge in [0, 0.05) is 17.6 Å². The zero-order valence-electron chi connectivity index (χ0n) is 15.5. The molecule has 0 spiro atoms. The van der Waals surface area contributed by atoms with E-state index in [-0.39, 0.29) is 5.82 Å². The average molecular weight is 339 g/mol. The molecule has 0 saturated heterocycles. The molecule has 0 saturated carbocycles. The van der Waals surface area contributed by atoms with Crippen LogP contribution in [0.4, 0.5) is 4.39 Å². The van der Waals surface area contributed by atoms with Crippen LogP contribution in [0.2, 0.25) is 0 Å². The summed E-state index contributed by atoms with van der Waals surface area (Å²) in [5.41, 5.74) is 6.48. The fraction of sp³-hybridized carbons (Fsp3) is 0.364. The van der Waals surface area contributed by atoms with Gasteiger partial charge in [-0.25, -0.2) is 4.39 Å². The Kier molecular flexibility index (Phi) is 5.12. The Bertz CT molecular complexity index is 877. The van der Waals surface area contributed by atoms with Crippen molar-refractivity contribution in [3.05, 3.63) is 64.6 Å². The highest BCUT2D eigenvalue weighted by atomic mass is 19.1. The van der Waals surface area contributed by atoms with Crippen LogP contribution in [0.5, 0.6) is 5.75 Å². The van der Waals surface area contributed by atoms with Crippen LogP contribution in [-0.2, 0) is 19.4 Å². The van der Waals surface area contributed by atoms with Crippen LogP contribution < -0.4 is 4.74 Å². The zero-order chi connectivity index (χ0) is 18.0. The first-order valence-corrected chi connectivity index (χ1v) is 9.10. The molecular formula is C22H26FNO. The van der Waals surface area contributed by atoms with Gasteiger partial charge >= 0.3 is 0 Å². The smallest absolute Gasteiger partial charge is 0.128 e. The fourth-order valence-corrected chi connectivity index (χ4v) is 3.77. The van der Waals surface area contributed by atoms with Gasteiger partial charge < -0.3 is 9.30 Å². The highest BCUT2D eigenvalue weighted by Crippen LogP contribution is 2.38. The molecular weight excluding hydrogens is 313 g/mol. The number of halogens is 1. The number of hydrogen-bond donors (Lipinski definition) is 0. The number of aryl methyl sites for hydroxylation is 3. The van der Waals surface area contributed by atoms with E-state index in [0.29, 0.717) is 0 Å². The average Bonchev–Trinajstić information content (AvgIpc) is 3.22. The van der Waals surface area contributed by atoms with Gasteiger partial charge in [0.2, 0.25) is 0 Å². The van der Waals surface area contributed by atoms with E-state index >= 15 is 0 Å². The van der Waals surface area contributed by atoms with Crippen LogP contribution in [0.1, 0.15) is 42.7 Å². The molecule has 0 atom stereocenters. The predicted octanol–water partition coefficient (Wildman–Crippen LogP) is 5.66. The minimum absolute atomic E-state index is 0.189. The minimum atomic E-state index is -0.189. The van der Waals surface area contributed by atoms with Gasteiger partial charge in [0.15, 0.2) is 0 Å². The molecule has 3 heteroatoms. The first kappa shape index (κ1) is 17.5. The maximum atomic E-state index is 13.2. The summed E-state index contributed by atoms with van der Waals surface area (Å²) in [5, 5.41) is 1.19. The molecule has 0 radical (unpaired) electrons. The third-order valence-corrected chi connectivity index (χ3v) is 4.90. The summed E-state index contributed by atoms with van der Waals surface area (Å²) in [5.74, 6) is 0.770. The van der Waals surface area contributed by atoms with E-state index in [9.17, 15) is 4.39 Å². The van der Waals surface area contributed by atoms with Crippen LogP contribution in [0.25, 0.3) is 10.9 Å². The largest absolute Gasteiger partial charge is 0.496 e. The van der Waals surface area contributed by atoms with Gasteiger partial charge in [0.25, 0.3) is 0 Å². The van der Waals surface area contributed by atoms with E-state index in [4.69, 9.17) is 4.74 Å². The molecule has 2 nitrogen and oxygen atoms in total. The molecule has 4 rings (SSSR count). The number of ether oxygens (including phenoxy) is 1. The Balaban J connectivity index is 0.000000880. The highest BCUT2D eigenvalue weighted by Gasteiger charge is 2.21. The molecule has 3 aromatic rings. The molecule has 0 aliphatic heterocycles. The van der Waals surface area contributed by atoms with Crippen LogP contribution in [0.3, 0.4) is 0 Å². The summed E-state index contributed by atoms with van der Waals surface area (Å²) in [4.78, 5) is 0. The minimum Gasteiger partial charge on any atom is -0.496 e. The lowest BCUT2D eigenvalue weighted by molar-refractivity contribution is 0.419. The predicted molar refractivity (Wildman–Crippen MR) is 102 cm³/mol. The van der Waals surface area contributed by atoms with Crippen molar-refractivity contribution in [2.45, 2.75) is 46.6 Å². The summed E-state index contributed by atoms with van der Waals surface area (Å²) in [6, 6.07) is 11.2. The molecule has 0 amide bonds. The molecule has 0 fully saturated rings. The summed E-state index contributed by atoms with van der Waals surface area (Å²) >= 11 is 0. The zero-order valence-corrected chi connectivity index (χ0v) is 15.5. The molecule has 1 aliphatic rings. The fourth-order valence-electron chi connectivity index (χ4n) is 3.77. The lowest BCUT2D eigenvalue weighted by Gasteiger charge is -2.13. The summed E-state index contributed by atoms with van der Waals surface area (Å²) in [6.07, 6.45) is 3.46. The van der Waals surface area contributed by atoms with Crippen LogP contribution in [-0.4, -0.2) is 11.7 Å². The van der Waals surface area contributed by atoms with Gasteiger partial charge in [-0.05, 0) is 67.1 Å². The Labute approximate surface area is 149 Å². The first-order chi connectivity index (χ1) is 12.2. The van der Waals surface area contributed by atoms with E-state index in [1.54, 1.807) is 7.11 Å². The van der Waals surface area contributed by atoms with Crippen LogP contribution in [0, 0.1) is 12.7 Å². The number of rotatable bonds is 3. The van der Waals surface area contributed by atoms with Crippen LogP contribution in [0.15, 0.2) is 36.4 Å². The Morgan fingerprint density at radius 2 is 1.80 bits per heavy atom. The second kappa shape index (κ2) is 7.30. The molecule has 0 unspecified atom stereocenters. The normalized spacial score (nSPS) is 12.7. The molecule has 1 aliphatic carbocycles. The van der Waals surface area contributed by atoms with E-state index in [2.05, 4.69) is 23.6 Å². The van der Waals surface area contributed by atoms with Gasteiger partial charge in [-0.15, -0.1) is 0 Å². The molecule has 2 aromatic carbocycles. The van der Waals surface area contributed by atoms with Crippen molar-refractivity contribution in [1.29, 1.82) is 0 Å². The van der Waals surface area contributed by atoms with E-state index in [1.807, 2.05) is 26.0 Å². The summed E-state index contributed by atoms with van der Waals surface area (Å²) in [6.45, 7) is 6.89. The lowest BCUT2D eigenvalue weighted by Crippen LogP contribution is -2.03. The van der Waals surface area contributed by atoms with E-state index < -0.39 is 0 Å². The third-order valence-electron chi connectivity index (χ3n) is 4.90. The number of hydrogen-bond acceptors (Lipinski definition) is 1. The van der Waals surface area contributed by atoms with E-state index in [0.717, 1.165) is 30.7 Å². The third kappa shape index (κ3) is 3.15. The van der Waals surface area contributed by atoms with E-state index in [1.165, 1.54) is 46.3 Å².